The number of unbranched alkanes of at least 4 members (excludes halogenated alkanes) is 3. The van der Waals surface area contributed by atoms with Crippen LogP contribution in [0.1, 0.15) is 49.4 Å². The fourth-order valence-corrected chi connectivity index (χ4v) is 3.51. The van der Waals surface area contributed by atoms with E-state index in [2.05, 4.69) is 11.9 Å². The van der Waals surface area contributed by atoms with E-state index in [1.54, 1.807) is 6.92 Å². The second-order valence-corrected chi connectivity index (χ2v) is 7.05. The summed E-state index contributed by atoms with van der Waals surface area (Å²) in [7, 11) is -3.48. The minimum absolute atomic E-state index is 0.0800. The maximum Gasteiger partial charge on any atom is 0.267 e. The molecule has 0 bridgehead atoms. The Hall–Kier alpha value is -1.10. The Morgan fingerprint density at radius 2 is 1.74 bits per heavy atom. The molecule has 0 saturated carbocycles. The lowest BCUT2D eigenvalue weighted by atomic mass is 10.0. The molecule has 19 heavy (non-hydrogen) atoms. The number of rotatable bonds is 6. The Bertz CT molecular complexity index is 600. The third-order valence-corrected chi connectivity index (χ3v) is 4.64. The van der Waals surface area contributed by atoms with Gasteiger partial charge < -0.3 is 4.98 Å². The fraction of sp³-hybridized carbons (Fsp3) is 0.643. The first kappa shape index (κ1) is 16.0. The largest absolute Gasteiger partial charge is 0.325 e. The van der Waals surface area contributed by atoms with Gasteiger partial charge >= 0.3 is 0 Å². The van der Waals surface area contributed by atoms with Crippen LogP contribution in [0.5, 0.6) is 0 Å². The van der Waals surface area contributed by atoms with Crippen LogP contribution in [0.15, 0.2) is 9.69 Å². The summed E-state index contributed by atoms with van der Waals surface area (Å²) in [5.41, 5.74) is 1.86. The highest BCUT2D eigenvalue weighted by atomic mass is 32.2. The fourth-order valence-electron chi connectivity index (χ4n) is 2.44. The van der Waals surface area contributed by atoms with Gasteiger partial charge in [0.1, 0.15) is 4.90 Å². The molecule has 0 spiro atoms. The van der Waals surface area contributed by atoms with Crippen molar-refractivity contribution in [2.45, 2.75) is 57.8 Å². The van der Waals surface area contributed by atoms with Gasteiger partial charge in [-0.05, 0) is 37.8 Å². The minimum Gasteiger partial charge on any atom is -0.325 e. The first-order chi connectivity index (χ1) is 8.79. The lowest BCUT2D eigenvalue weighted by Crippen LogP contribution is -2.21. The monoisotopic (exact) mass is 285 g/mol. The average Bonchev–Trinajstić information content (AvgIpc) is 2.25. The van der Waals surface area contributed by atoms with Gasteiger partial charge in [0.05, 0.1) is 0 Å². The number of aromatic nitrogens is 1. The molecule has 0 saturated heterocycles. The summed E-state index contributed by atoms with van der Waals surface area (Å²) < 4.78 is 23.4. The van der Waals surface area contributed by atoms with Gasteiger partial charge in [-0.3, -0.25) is 4.79 Å². The SMILES string of the molecule is CCCCCCc1c(C)[nH]c(=O)c(S(C)(=O)=O)c1C. The molecule has 0 radical (unpaired) electrons. The van der Waals surface area contributed by atoms with Crippen molar-refractivity contribution in [3.05, 3.63) is 27.2 Å². The molecule has 0 aliphatic heterocycles. The minimum atomic E-state index is -3.48. The van der Waals surface area contributed by atoms with Crippen molar-refractivity contribution in [1.29, 1.82) is 0 Å². The topological polar surface area (TPSA) is 67.0 Å². The third kappa shape index (κ3) is 3.93. The van der Waals surface area contributed by atoms with Crippen LogP contribution >= 0.6 is 0 Å². The number of pyridine rings is 1. The number of aromatic amines is 1. The lowest BCUT2D eigenvalue weighted by Gasteiger charge is -2.12. The Kier molecular flexibility index (Phi) is 5.35. The van der Waals surface area contributed by atoms with Crippen LogP contribution < -0.4 is 5.56 Å². The van der Waals surface area contributed by atoms with E-state index in [9.17, 15) is 13.2 Å². The van der Waals surface area contributed by atoms with Gasteiger partial charge in [0.15, 0.2) is 9.84 Å². The molecule has 0 aliphatic rings. The molecule has 0 aromatic carbocycles. The van der Waals surface area contributed by atoms with Crippen molar-refractivity contribution in [2.75, 3.05) is 6.26 Å². The molecule has 0 aliphatic carbocycles. The van der Waals surface area contributed by atoms with E-state index in [0.717, 1.165) is 43.2 Å². The first-order valence-electron chi connectivity index (χ1n) is 6.71. The standard InChI is InChI=1S/C14H23NO3S/c1-5-6-7-8-9-12-10(2)13(19(4,17)18)14(16)15-11(12)3/h5-9H2,1-4H3,(H,15,16). The summed E-state index contributed by atoms with van der Waals surface area (Å²) >= 11 is 0. The van der Waals surface area contributed by atoms with Crippen LogP contribution in [0.4, 0.5) is 0 Å². The summed E-state index contributed by atoms with van der Waals surface area (Å²) in [5.74, 6) is 0. The van der Waals surface area contributed by atoms with Gasteiger partial charge in [-0.2, -0.15) is 0 Å². The second kappa shape index (κ2) is 6.37. The van der Waals surface area contributed by atoms with Crippen molar-refractivity contribution < 1.29 is 8.42 Å². The van der Waals surface area contributed by atoms with Crippen LogP contribution in [-0.2, 0) is 16.3 Å². The van der Waals surface area contributed by atoms with Crippen molar-refractivity contribution in [2.24, 2.45) is 0 Å². The van der Waals surface area contributed by atoms with Crippen LogP contribution in [-0.4, -0.2) is 19.7 Å². The predicted octanol–water partition coefficient (Wildman–Crippen LogP) is 2.52. The quantitative estimate of drug-likeness (QED) is 0.817. The van der Waals surface area contributed by atoms with Crippen molar-refractivity contribution in [1.82, 2.24) is 4.98 Å². The molecule has 1 N–H and O–H groups in total. The third-order valence-electron chi connectivity index (χ3n) is 3.40. The highest BCUT2D eigenvalue weighted by molar-refractivity contribution is 7.90. The highest BCUT2D eigenvalue weighted by Gasteiger charge is 2.19. The smallest absolute Gasteiger partial charge is 0.267 e. The number of hydrogen-bond acceptors (Lipinski definition) is 3. The van der Waals surface area contributed by atoms with E-state index in [0.29, 0.717) is 5.56 Å². The zero-order valence-corrected chi connectivity index (χ0v) is 13.0. The maximum atomic E-state index is 11.8. The molecule has 0 amide bonds. The zero-order valence-electron chi connectivity index (χ0n) is 12.2. The number of nitrogens with one attached hydrogen (secondary N) is 1. The van der Waals surface area contributed by atoms with E-state index in [4.69, 9.17) is 0 Å². The normalized spacial score (nSPS) is 11.8. The average molecular weight is 285 g/mol. The van der Waals surface area contributed by atoms with Gasteiger partial charge in [0.2, 0.25) is 0 Å². The molecule has 5 heteroatoms. The predicted molar refractivity (Wildman–Crippen MR) is 77.5 cm³/mol. The van der Waals surface area contributed by atoms with Gasteiger partial charge in [-0.15, -0.1) is 0 Å². The number of sulfone groups is 1. The molecular formula is C14H23NO3S. The number of aryl methyl sites for hydroxylation is 1. The van der Waals surface area contributed by atoms with Crippen LogP contribution in [0, 0.1) is 13.8 Å². The van der Waals surface area contributed by atoms with E-state index in [-0.39, 0.29) is 4.90 Å². The van der Waals surface area contributed by atoms with Gasteiger partial charge in [0.25, 0.3) is 5.56 Å². The van der Waals surface area contributed by atoms with E-state index >= 15 is 0 Å². The van der Waals surface area contributed by atoms with Crippen LogP contribution in [0.3, 0.4) is 0 Å². The van der Waals surface area contributed by atoms with E-state index < -0.39 is 15.4 Å². The summed E-state index contributed by atoms with van der Waals surface area (Å²) in [6, 6.07) is 0. The van der Waals surface area contributed by atoms with Gasteiger partial charge in [0, 0.05) is 11.9 Å². The molecule has 1 aromatic rings. The van der Waals surface area contributed by atoms with Crippen LogP contribution in [0.2, 0.25) is 0 Å². The molecule has 0 unspecified atom stereocenters. The molecular weight excluding hydrogens is 262 g/mol. The molecule has 1 heterocycles. The summed E-state index contributed by atoms with van der Waals surface area (Å²) in [5, 5.41) is 0. The van der Waals surface area contributed by atoms with E-state index in [1.165, 1.54) is 6.42 Å². The summed E-state index contributed by atoms with van der Waals surface area (Å²) in [4.78, 5) is 14.4. The molecule has 108 valence electrons. The molecule has 1 rings (SSSR count). The van der Waals surface area contributed by atoms with Crippen molar-refractivity contribution >= 4 is 9.84 Å². The zero-order chi connectivity index (χ0) is 14.6. The summed E-state index contributed by atoms with van der Waals surface area (Å²) in [6.45, 7) is 5.71. The molecule has 1 aromatic heterocycles. The van der Waals surface area contributed by atoms with Gasteiger partial charge in [-0.1, -0.05) is 26.2 Å². The van der Waals surface area contributed by atoms with Gasteiger partial charge in [-0.25, -0.2) is 8.42 Å². The highest BCUT2D eigenvalue weighted by Crippen LogP contribution is 2.19. The Morgan fingerprint density at radius 3 is 2.26 bits per heavy atom. The van der Waals surface area contributed by atoms with E-state index in [1.807, 2.05) is 6.92 Å². The number of H-pyrrole nitrogens is 1. The van der Waals surface area contributed by atoms with Crippen LogP contribution in [0.25, 0.3) is 0 Å². The molecule has 0 fully saturated rings. The number of hydrogen-bond donors (Lipinski definition) is 1. The Labute approximate surface area is 115 Å². The lowest BCUT2D eigenvalue weighted by molar-refractivity contribution is 0.599. The van der Waals surface area contributed by atoms with Crippen molar-refractivity contribution in [3.63, 3.8) is 0 Å². The molecule has 0 atom stereocenters. The maximum absolute atomic E-state index is 11.8. The first-order valence-corrected chi connectivity index (χ1v) is 8.60. The second-order valence-electron chi connectivity index (χ2n) is 5.09. The van der Waals surface area contributed by atoms with Crippen molar-refractivity contribution in [3.8, 4) is 0 Å². The Morgan fingerprint density at radius 1 is 1.11 bits per heavy atom. The molecule has 4 nitrogen and oxygen atoms in total. The summed E-state index contributed by atoms with van der Waals surface area (Å²) in [6.07, 6.45) is 6.39. The Balaban J connectivity index is 3.16.